The predicted molar refractivity (Wildman–Crippen MR) is 114 cm³/mol. The second-order valence-electron chi connectivity index (χ2n) is 7.29. The maximum atomic E-state index is 13.3. The first-order valence-corrected chi connectivity index (χ1v) is 9.02. The van der Waals surface area contributed by atoms with E-state index in [1.165, 1.54) is 36.4 Å². The molecule has 0 aliphatic carbocycles. The maximum absolute atomic E-state index is 13.3. The Balaban J connectivity index is 2.19. The average Bonchev–Trinajstić information content (AvgIpc) is 2.81. The molecule has 3 aromatic heterocycles. The Kier molecular flexibility index (Phi) is 2.80. The summed E-state index contributed by atoms with van der Waals surface area (Å²) in [6.45, 7) is 0. The minimum Gasteiger partial charge on any atom is -0.306 e. The Morgan fingerprint density at radius 3 is 0.903 bits per heavy atom. The molecule has 0 atom stereocenters. The van der Waals surface area contributed by atoms with Crippen molar-refractivity contribution < 1.29 is 0 Å². The molecule has 3 heterocycles. The first-order chi connectivity index (χ1) is 15.0. The van der Waals surface area contributed by atoms with Gasteiger partial charge in [0.05, 0.1) is 48.9 Å². The number of diazo groups is 3. The van der Waals surface area contributed by atoms with Crippen molar-refractivity contribution in [1.29, 1.82) is 16.2 Å². The standard InChI is InChI=1S/C21H6N7O3/c22-25-7-1-10-16-11(2-7)20(30)14-5-9(27-24)6-15-18(14)28(16)17-12(19(10)29)3-8(26-23)4-13(17)21(15)31/h1-6H/q+3. The van der Waals surface area contributed by atoms with E-state index in [4.69, 9.17) is 0 Å². The summed E-state index contributed by atoms with van der Waals surface area (Å²) >= 11 is 0. The molecular weight excluding hydrogens is 398 g/mol. The summed E-state index contributed by atoms with van der Waals surface area (Å²) in [5.74, 6) is 0. The predicted octanol–water partition coefficient (Wildman–Crippen LogP) is 4.40. The zero-order valence-electron chi connectivity index (χ0n) is 15.3. The van der Waals surface area contributed by atoms with Crippen LogP contribution < -0.4 is 16.3 Å². The summed E-state index contributed by atoms with van der Waals surface area (Å²) in [4.78, 5) is 49.4. The van der Waals surface area contributed by atoms with Crippen LogP contribution in [-0.2, 0) is 0 Å². The van der Waals surface area contributed by atoms with Crippen molar-refractivity contribution in [3.05, 3.63) is 82.0 Å². The zero-order chi connectivity index (χ0) is 21.6. The highest BCUT2D eigenvalue weighted by molar-refractivity contribution is 6.18. The second-order valence-corrected chi connectivity index (χ2v) is 7.29. The van der Waals surface area contributed by atoms with Crippen LogP contribution in [0.5, 0.6) is 0 Å². The molecule has 6 rings (SSSR count). The van der Waals surface area contributed by atoms with Gasteiger partial charge in [0.1, 0.15) is 0 Å². The number of nitrogens with zero attached hydrogens (tertiary/aromatic N) is 7. The molecule has 0 saturated heterocycles. The molecule has 0 saturated carbocycles. The first-order valence-electron chi connectivity index (χ1n) is 9.02. The van der Waals surface area contributed by atoms with E-state index >= 15 is 0 Å². The smallest absolute Gasteiger partial charge is 0.306 e. The Bertz CT molecular complexity index is 1750. The van der Waals surface area contributed by atoms with Crippen molar-refractivity contribution in [2.75, 3.05) is 0 Å². The number of hydrogen-bond acceptors (Lipinski definition) is 6. The quantitative estimate of drug-likeness (QED) is 0.209. The molecule has 31 heavy (non-hydrogen) atoms. The average molecular weight is 404 g/mol. The van der Waals surface area contributed by atoms with Gasteiger partial charge in [0.15, 0.2) is 31.2 Å². The lowest BCUT2D eigenvalue weighted by Gasteiger charge is -2.16. The van der Waals surface area contributed by atoms with Crippen LogP contribution in [0.4, 0.5) is 17.1 Å². The molecule has 10 heteroatoms. The van der Waals surface area contributed by atoms with Crippen LogP contribution in [-0.4, -0.2) is 4.40 Å². The van der Waals surface area contributed by atoms with Crippen molar-refractivity contribution in [2.45, 2.75) is 0 Å². The van der Waals surface area contributed by atoms with Gasteiger partial charge in [-0.05, 0) is 0 Å². The molecule has 6 aromatic rings. The molecule has 0 amide bonds. The number of rotatable bonds is 0. The van der Waals surface area contributed by atoms with E-state index in [1.807, 2.05) is 0 Å². The van der Waals surface area contributed by atoms with Crippen molar-refractivity contribution in [3.63, 3.8) is 0 Å². The molecule has 0 bridgehead atoms. The Morgan fingerprint density at radius 2 is 0.710 bits per heavy atom. The van der Waals surface area contributed by atoms with E-state index in [2.05, 4.69) is 14.9 Å². The molecule has 0 N–H and O–H groups in total. The highest BCUT2D eigenvalue weighted by atomic mass is 16.1. The molecule has 0 aliphatic heterocycles. The largest absolute Gasteiger partial charge is 0.386 e. The molecule has 140 valence electrons. The van der Waals surface area contributed by atoms with E-state index in [-0.39, 0.29) is 65.9 Å². The summed E-state index contributed by atoms with van der Waals surface area (Å²) in [6, 6.07) is 8.07. The lowest BCUT2D eigenvalue weighted by molar-refractivity contribution is 1.31. The highest BCUT2D eigenvalue weighted by Crippen LogP contribution is 2.36. The topological polar surface area (TPSA) is 140 Å². The summed E-state index contributed by atoms with van der Waals surface area (Å²) in [5, 5.41) is 28.6. The number of aromatic nitrogens is 1. The maximum Gasteiger partial charge on any atom is 0.386 e. The van der Waals surface area contributed by atoms with Crippen LogP contribution in [0.3, 0.4) is 0 Å². The highest BCUT2D eigenvalue weighted by Gasteiger charge is 2.28. The summed E-state index contributed by atoms with van der Waals surface area (Å²) < 4.78 is 1.65. The van der Waals surface area contributed by atoms with Crippen molar-refractivity contribution in [2.24, 2.45) is 0 Å². The summed E-state index contributed by atoms with van der Waals surface area (Å²) in [6.07, 6.45) is 0. The minimum atomic E-state index is -0.505. The van der Waals surface area contributed by atoms with Crippen LogP contribution in [0.25, 0.3) is 63.8 Å². The van der Waals surface area contributed by atoms with Crippen molar-refractivity contribution >= 4 is 65.9 Å². The molecule has 0 radical (unpaired) electrons. The van der Waals surface area contributed by atoms with E-state index in [1.54, 1.807) is 4.40 Å². The lowest BCUT2D eigenvalue weighted by atomic mass is 9.96. The normalized spacial score (nSPS) is 11.5. The van der Waals surface area contributed by atoms with Crippen molar-refractivity contribution in [1.82, 2.24) is 4.40 Å². The fraction of sp³-hybridized carbons (Fsp3) is 0. The third kappa shape index (κ3) is 1.78. The van der Waals surface area contributed by atoms with E-state index in [0.717, 1.165) is 0 Å². The molecule has 0 aliphatic rings. The van der Waals surface area contributed by atoms with Gasteiger partial charge in [-0.25, -0.2) is 0 Å². The Hall–Kier alpha value is -5.27. The van der Waals surface area contributed by atoms with Gasteiger partial charge in [0, 0.05) is 36.4 Å². The fourth-order valence-corrected chi connectivity index (χ4v) is 4.56. The van der Waals surface area contributed by atoms with E-state index in [0.29, 0.717) is 0 Å². The van der Waals surface area contributed by atoms with Crippen LogP contribution in [0.15, 0.2) is 50.8 Å². The van der Waals surface area contributed by atoms with Gasteiger partial charge in [0.25, 0.3) is 0 Å². The molecular formula is C21H6N7O3+3. The molecule has 0 spiro atoms. The molecule has 3 aromatic carbocycles. The monoisotopic (exact) mass is 404 g/mol. The summed E-state index contributed by atoms with van der Waals surface area (Å²) in [7, 11) is 0. The van der Waals surface area contributed by atoms with Gasteiger partial charge in [-0.1, -0.05) is 0 Å². The number of benzene rings is 3. The Labute approximate surface area is 169 Å². The SMILES string of the molecule is N#[N+]c1cc2c(=O)c3cc([N+]#N)cc4c(=O)c5cc([N+]#N)cc6c(=O)c(c1)c2n(c34)c65. The lowest BCUT2D eigenvalue weighted by Crippen LogP contribution is -2.18. The van der Waals surface area contributed by atoms with Crippen LogP contribution in [0.2, 0.25) is 0 Å². The van der Waals surface area contributed by atoms with Gasteiger partial charge >= 0.3 is 17.1 Å². The fourth-order valence-electron chi connectivity index (χ4n) is 4.56. The molecule has 0 unspecified atom stereocenters. The van der Waals surface area contributed by atoms with Crippen LogP contribution in [0.1, 0.15) is 0 Å². The van der Waals surface area contributed by atoms with E-state index < -0.39 is 16.3 Å². The van der Waals surface area contributed by atoms with Gasteiger partial charge in [-0.2, -0.15) is 0 Å². The molecule has 0 fully saturated rings. The van der Waals surface area contributed by atoms with Crippen LogP contribution >= 0.6 is 0 Å². The Morgan fingerprint density at radius 1 is 0.484 bits per heavy atom. The van der Waals surface area contributed by atoms with Crippen LogP contribution in [0, 0.1) is 16.2 Å². The minimum absolute atomic E-state index is 0.00174. The third-order valence-electron chi connectivity index (χ3n) is 5.77. The first kappa shape index (κ1) is 16.7. The summed E-state index contributed by atoms with van der Waals surface area (Å²) in [5.41, 5.74) is -0.678. The van der Waals surface area contributed by atoms with Crippen molar-refractivity contribution in [3.8, 4) is 0 Å². The van der Waals surface area contributed by atoms with Gasteiger partial charge in [-0.15, -0.1) is 0 Å². The molecule has 10 nitrogen and oxygen atoms in total. The van der Waals surface area contributed by atoms with Gasteiger partial charge < -0.3 is 4.40 Å². The van der Waals surface area contributed by atoms with Gasteiger partial charge in [0.2, 0.25) is 16.2 Å². The second kappa shape index (κ2) is 5.20. The number of pyridine rings is 3. The number of hydrogen-bond donors (Lipinski definition) is 0. The van der Waals surface area contributed by atoms with E-state index in [9.17, 15) is 30.6 Å². The van der Waals surface area contributed by atoms with Gasteiger partial charge in [-0.3, -0.25) is 14.4 Å². The zero-order valence-corrected chi connectivity index (χ0v) is 15.3. The third-order valence-corrected chi connectivity index (χ3v) is 5.77.